The molecule has 2 saturated carbocycles. The smallest absolute Gasteiger partial charge is 0.252 e. The van der Waals surface area contributed by atoms with Gasteiger partial charge in [0.05, 0.1) is 10.6 Å². The second-order valence-corrected chi connectivity index (χ2v) is 7.39. The summed E-state index contributed by atoms with van der Waals surface area (Å²) < 4.78 is 0. The highest BCUT2D eigenvalue weighted by molar-refractivity contribution is 6.34. The maximum atomic E-state index is 12.5. The number of carbonyl (C=O) groups is 1. The van der Waals surface area contributed by atoms with Gasteiger partial charge in [0.15, 0.2) is 0 Å². The monoisotopic (exact) mass is 336 g/mol. The lowest BCUT2D eigenvalue weighted by molar-refractivity contribution is 0.0682. The highest BCUT2D eigenvalue weighted by atomic mass is 35.5. The molecule has 0 atom stereocenters. The molecule has 0 unspecified atom stereocenters. The minimum Gasteiger partial charge on any atom is -0.388 e. The Labute approximate surface area is 145 Å². The Morgan fingerprint density at radius 1 is 1.30 bits per heavy atom. The molecule has 2 fully saturated rings. The van der Waals surface area contributed by atoms with Crippen molar-refractivity contribution in [1.82, 2.24) is 5.32 Å². The van der Waals surface area contributed by atoms with Crippen LogP contribution in [-0.4, -0.2) is 19.5 Å². The van der Waals surface area contributed by atoms with E-state index in [9.17, 15) is 4.79 Å². The summed E-state index contributed by atoms with van der Waals surface area (Å²) in [6, 6.07) is 5.47. The lowest BCUT2D eigenvalue weighted by Crippen LogP contribution is -2.43. The summed E-state index contributed by atoms with van der Waals surface area (Å²) in [7, 11) is 1.84. The highest BCUT2D eigenvalue weighted by Crippen LogP contribution is 2.48. The van der Waals surface area contributed by atoms with Gasteiger partial charge >= 0.3 is 0 Å². The van der Waals surface area contributed by atoms with Crippen LogP contribution in [0.4, 0.5) is 5.69 Å². The Hall–Kier alpha value is -1.22. The van der Waals surface area contributed by atoms with Gasteiger partial charge in [-0.15, -0.1) is 0 Å². The van der Waals surface area contributed by atoms with Crippen LogP contribution in [0.3, 0.4) is 0 Å². The first-order chi connectivity index (χ1) is 10.6. The van der Waals surface area contributed by atoms with Gasteiger partial charge in [0.2, 0.25) is 0 Å². The molecule has 0 heterocycles. The molecule has 3 nitrogen and oxygen atoms in total. The highest BCUT2D eigenvalue weighted by Gasteiger charge is 2.39. The first-order valence-electron chi connectivity index (χ1n) is 8.37. The van der Waals surface area contributed by atoms with E-state index in [0.29, 0.717) is 16.0 Å². The largest absolute Gasteiger partial charge is 0.388 e. The van der Waals surface area contributed by atoms with Crippen LogP contribution in [-0.2, 0) is 0 Å². The fraction of sp³-hybridized carbons (Fsp3) is 0.632. The third-order valence-electron chi connectivity index (χ3n) is 5.48. The average molecular weight is 337 g/mol. The predicted molar refractivity (Wildman–Crippen MR) is 98.3 cm³/mol. The molecule has 0 saturated heterocycles. The molecule has 2 N–H and O–H groups in total. The maximum absolute atomic E-state index is 12.5. The summed E-state index contributed by atoms with van der Waals surface area (Å²) in [6.07, 6.45) is 9.20. The van der Waals surface area contributed by atoms with Crippen molar-refractivity contribution in [3.05, 3.63) is 28.8 Å². The molecular formula is C19H29ClN2O. The molecule has 2 aliphatic carbocycles. The number of hydrogen-bond acceptors (Lipinski definition) is 2. The third-order valence-corrected chi connectivity index (χ3v) is 5.81. The van der Waals surface area contributed by atoms with Gasteiger partial charge in [-0.2, -0.15) is 0 Å². The Morgan fingerprint density at radius 2 is 2.00 bits per heavy atom. The topological polar surface area (TPSA) is 41.1 Å². The van der Waals surface area contributed by atoms with Crippen LogP contribution >= 0.6 is 11.6 Å². The van der Waals surface area contributed by atoms with Crippen LogP contribution in [0.25, 0.3) is 0 Å². The van der Waals surface area contributed by atoms with Crippen molar-refractivity contribution >= 4 is 23.2 Å². The average Bonchev–Trinajstić information content (AvgIpc) is 2.53. The molecule has 0 aliphatic heterocycles. The van der Waals surface area contributed by atoms with Crippen molar-refractivity contribution in [1.29, 1.82) is 0 Å². The number of benzene rings is 1. The molecular weight excluding hydrogens is 308 g/mol. The van der Waals surface area contributed by atoms with Crippen molar-refractivity contribution in [3.63, 3.8) is 0 Å². The van der Waals surface area contributed by atoms with Crippen LogP contribution in [0.1, 0.15) is 62.7 Å². The van der Waals surface area contributed by atoms with E-state index in [4.69, 9.17) is 11.6 Å². The molecule has 128 valence electrons. The van der Waals surface area contributed by atoms with Crippen molar-refractivity contribution in [2.75, 3.05) is 18.9 Å². The minimum absolute atomic E-state index is 0. The van der Waals surface area contributed by atoms with Crippen LogP contribution < -0.4 is 10.6 Å². The molecule has 1 amide bonds. The Bertz CT molecular complexity index is 548. The summed E-state index contributed by atoms with van der Waals surface area (Å²) in [4.78, 5) is 12.5. The fourth-order valence-electron chi connectivity index (χ4n) is 4.29. The summed E-state index contributed by atoms with van der Waals surface area (Å²) in [5.41, 5.74) is 1.81. The van der Waals surface area contributed by atoms with E-state index in [2.05, 4.69) is 10.6 Å². The van der Waals surface area contributed by atoms with Gasteiger partial charge in [0.25, 0.3) is 5.91 Å². The Morgan fingerprint density at radius 3 is 2.65 bits per heavy atom. The molecule has 4 heteroatoms. The molecule has 1 aromatic carbocycles. The number of fused-ring (bicyclic) bond motifs is 2. The van der Waals surface area contributed by atoms with E-state index in [1.54, 1.807) is 6.07 Å². The zero-order valence-corrected chi connectivity index (χ0v) is 14.0. The van der Waals surface area contributed by atoms with Gasteiger partial charge in [-0.25, -0.2) is 0 Å². The second kappa shape index (κ2) is 7.57. The van der Waals surface area contributed by atoms with E-state index in [1.165, 1.54) is 44.9 Å². The summed E-state index contributed by atoms with van der Waals surface area (Å²) in [5, 5.41) is 6.72. The molecule has 1 aromatic rings. The zero-order chi connectivity index (χ0) is 15.6. The number of halogens is 1. The lowest BCUT2D eigenvalue weighted by Gasteiger charge is -2.45. The van der Waals surface area contributed by atoms with E-state index in [1.807, 2.05) is 19.2 Å². The standard InChI is InChI=1S/C18H25ClN2O.CH4/c1-20-14-6-7-16(19)15(10-14)17(22)21-12-18-8-2-4-13(11-18)5-3-9-18;/h6-7,10,13,20H,2-5,8-9,11-12H2,1H3,(H,21,22);1H4. The van der Waals surface area contributed by atoms with Gasteiger partial charge in [0, 0.05) is 19.3 Å². The van der Waals surface area contributed by atoms with Gasteiger partial charge in [0.1, 0.15) is 0 Å². The van der Waals surface area contributed by atoms with Gasteiger partial charge in [-0.05, 0) is 48.8 Å². The number of rotatable bonds is 4. The van der Waals surface area contributed by atoms with Gasteiger partial charge in [-0.3, -0.25) is 4.79 Å². The van der Waals surface area contributed by atoms with Crippen LogP contribution in [0.2, 0.25) is 5.02 Å². The van der Waals surface area contributed by atoms with Crippen molar-refractivity contribution in [2.24, 2.45) is 11.3 Å². The first-order valence-corrected chi connectivity index (χ1v) is 8.75. The van der Waals surface area contributed by atoms with Crippen molar-refractivity contribution in [2.45, 2.75) is 52.4 Å². The number of nitrogens with one attached hydrogen (secondary N) is 2. The minimum atomic E-state index is -0.0517. The number of amides is 1. The van der Waals surface area contributed by atoms with E-state index in [-0.39, 0.29) is 13.3 Å². The molecule has 3 rings (SSSR count). The third kappa shape index (κ3) is 4.00. The predicted octanol–water partition coefficient (Wildman–Crippen LogP) is 5.11. The zero-order valence-electron chi connectivity index (χ0n) is 13.3. The van der Waals surface area contributed by atoms with E-state index in [0.717, 1.165) is 18.2 Å². The van der Waals surface area contributed by atoms with Crippen molar-refractivity contribution < 1.29 is 4.79 Å². The molecule has 0 spiro atoms. The Balaban J connectivity index is 0.00000192. The fourth-order valence-corrected chi connectivity index (χ4v) is 4.49. The van der Waals surface area contributed by atoms with Gasteiger partial charge < -0.3 is 10.6 Å². The SMILES string of the molecule is C.CNc1ccc(Cl)c(C(=O)NCC23CCCC(CCC2)C3)c1. The number of anilines is 1. The Kier molecular flexibility index (Phi) is 5.96. The molecule has 2 bridgehead atoms. The van der Waals surface area contributed by atoms with Crippen LogP contribution in [0.15, 0.2) is 18.2 Å². The molecule has 0 aromatic heterocycles. The summed E-state index contributed by atoms with van der Waals surface area (Å²) in [6.45, 7) is 0.794. The van der Waals surface area contributed by atoms with E-state index < -0.39 is 0 Å². The quantitative estimate of drug-likeness (QED) is 0.802. The molecule has 0 radical (unpaired) electrons. The number of carbonyl (C=O) groups excluding carboxylic acids is 1. The van der Waals surface area contributed by atoms with Crippen LogP contribution in [0, 0.1) is 11.3 Å². The maximum Gasteiger partial charge on any atom is 0.252 e. The summed E-state index contributed by atoms with van der Waals surface area (Å²) in [5.74, 6) is 0.833. The molecule has 2 aliphatic rings. The lowest BCUT2D eigenvalue weighted by atomic mass is 9.62. The second-order valence-electron chi connectivity index (χ2n) is 6.98. The van der Waals surface area contributed by atoms with Crippen molar-refractivity contribution in [3.8, 4) is 0 Å². The van der Waals surface area contributed by atoms with E-state index >= 15 is 0 Å². The van der Waals surface area contributed by atoms with Crippen LogP contribution in [0.5, 0.6) is 0 Å². The molecule has 23 heavy (non-hydrogen) atoms. The normalized spacial score (nSPS) is 26.1. The van der Waals surface area contributed by atoms with Gasteiger partial charge in [-0.1, -0.05) is 44.7 Å². The first kappa shape index (κ1) is 18.1. The number of hydrogen-bond donors (Lipinski definition) is 2. The summed E-state index contributed by atoms with van der Waals surface area (Å²) >= 11 is 6.18.